The Balaban J connectivity index is 2.39. The minimum Gasteiger partial charge on any atom is -0.337 e. The maximum atomic E-state index is 13.8. The van der Waals surface area contributed by atoms with Crippen LogP contribution in [-0.4, -0.2) is 23.9 Å². The van der Waals surface area contributed by atoms with Gasteiger partial charge in [0, 0.05) is 25.1 Å². The van der Waals surface area contributed by atoms with E-state index < -0.39 is 0 Å². The Morgan fingerprint density at radius 2 is 2.12 bits per heavy atom. The second-order valence-corrected chi connectivity index (χ2v) is 4.53. The fourth-order valence-electron chi connectivity index (χ4n) is 2.42. The lowest BCUT2D eigenvalue weighted by Gasteiger charge is -2.30. The van der Waals surface area contributed by atoms with Gasteiger partial charge in [0.1, 0.15) is 5.82 Å². The first kappa shape index (κ1) is 12.0. The van der Waals surface area contributed by atoms with Crippen LogP contribution in [0.1, 0.15) is 30.9 Å². The first-order valence-electron chi connectivity index (χ1n) is 5.87. The minimum absolute atomic E-state index is 0.0335. The molecule has 0 radical (unpaired) electrons. The number of nitrogens with zero attached hydrogens (tertiary/aromatic N) is 1. The van der Waals surface area contributed by atoms with E-state index in [4.69, 9.17) is 5.73 Å². The fraction of sp³-hybridized carbons (Fsp3) is 0.462. The molecule has 17 heavy (non-hydrogen) atoms. The molecule has 0 aromatic heterocycles. The van der Waals surface area contributed by atoms with Gasteiger partial charge in [-0.15, -0.1) is 0 Å². The molecular formula is C13H17FN2O. The maximum Gasteiger partial charge on any atom is 0.222 e. The summed E-state index contributed by atoms with van der Waals surface area (Å²) < 4.78 is 13.8. The van der Waals surface area contributed by atoms with Crippen molar-refractivity contribution in [2.75, 3.05) is 7.05 Å². The summed E-state index contributed by atoms with van der Waals surface area (Å²) in [4.78, 5) is 13.4. The average Bonchev–Trinajstić information content (AvgIpc) is 2.42. The summed E-state index contributed by atoms with van der Waals surface area (Å²) in [6.45, 7) is 0. The second kappa shape index (κ2) is 4.84. The third kappa shape index (κ3) is 2.31. The SMILES string of the molecule is CN1C(=O)CCCC(N)C1c1ccccc1F. The van der Waals surface area contributed by atoms with Crippen LogP contribution in [0.3, 0.4) is 0 Å². The van der Waals surface area contributed by atoms with E-state index in [1.807, 2.05) is 0 Å². The zero-order valence-electron chi connectivity index (χ0n) is 9.90. The molecular weight excluding hydrogens is 219 g/mol. The van der Waals surface area contributed by atoms with Gasteiger partial charge >= 0.3 is 0 Å². The third-order valence-corrected chi connectivity index (χ3v) is 3.37. The highest BCUT2D eigenvalue weighted by Gasteiger charge is 2.31. The number of likely N-dealkylation sites (tertiary alicyclic amines) is 1. The van der Waals surface area contributed by atoms with E-state index in [-0.39, 0.29) is 23.8 Å². The summed E-state index contributed by atoms with van der Waals surface area (Å²) in [7, 11) is 1.70. The first-order chi connectivity index (χ1) is 8.11. The number of nitrogens with two attached hydrogens (primary N) is 1. The molecule has 1 aromatic carbocycles. The molecule has 1 fully saturated rings. The smallest absolute Gasteiger partial charge is 0.222 e. The quantitative estimate of drug-likeness (QED) is 0.808. The van der Waals surface area contributed by atoms with Crippen LogP contribution < -0.4 is 5.73 Å². The molecule has 1 amide bonds. The Hall–Kier alpha value is -1.42. The van der Waals surface area contributed by atoms with Gasteiger partial charge in [-0.3, -0.25) is 4.79 Å². The van der Waals surface area contributed by atoms with E-state index in [1.54, 1.807) is 30.1 Å². The monoisotopic (exact) mass is 236 g/mol. The molecule has 2 rings (SSSR count). The molecule has 0 spiro atoms. The van der Waals surface area contributed by atoms with Gasteiger partial charge in [-0.25, -0.2) is 4.39 Å². The standard InChI is InChI=1S/C13H17FN2O/c1-16-12(17)8-4-7-11(15)13(16)9-5-2-3-6-10(9)14/h2-3,5-6,11,13H,4,7-8,15H2,1H3. The highest BCUT2D eigenvalue weighted by atomic mass is 19.1. The molecule has 0 saturated carbocycles. The Morgan fingerprint density at radius 1 is 1.41 bits per heavy atom. The van der Waals surface area contributed by atoms with Gasteiger partial charge in [0.25, 0.3) is 0 Å². The zero-order valence-corrected chi connectivity index (χ0v) is 9.90. The number of hydrogen-bond donors (Lipinski definition) is 1. The molecule has 1 heterocycles. The lowest BCUT2D eigenvalue weighted by molar-refractivity contribution is -0.131. The van der Waals surface area contributed by atoms with Crippen molar-refractivity contribution >= 4 is 5.91 Å². The number of rotatable bonds is 1. The van der Waals surface area contributed by atoms with Crippen LogP contribution >= 0.6 is 0 Å². The number of hydrogen-bond acceptors (Lipinski definition) is 2. The van der Waals surface area contributed by atoms with Crippen LogP contribution in [0.5, 0.6) is 0 Å². The van der Waals surface area contributed by atoms with Gasteiger partial charge in [-0.2, -0.15) is 0 Å². The summed E-state index contributed by atoms with van der Waals surface area (Å²) in [5, 5.41) is 0. The van der Waals surface area contributed by atoms with Crippen molar-refractivity contribution in [3.63, 3.8) is 0 Å². The van der Waals surface area contributed by atoms with Crippen molar-refractivity contribution < 1.29 is 9.18 Å². The topological polar surface area (TPSA) is 46.3 Å². The summed E-state index contributed by atoms with van der Waals surface area (Å²) in [6, 6.07) is 5.96. The van der Waals surface area contributed by atoms with Crippen LogP contribution in [0, 0.1) is 5.82 Å². The van der Waals surface area contributed by atoms with Gasteiger partial charge in [0.05, 0.1) is 6.04 Å². The molecule has 4 heteroatoms. The van der Waals surface area contributed by atoms with E-state index in [0.29, 0.717) is 12.0 Å². The van der Waals surface area contributed by atoms with Crippen LogP contribution in [0.4, 0.5) is 4.39 Å². The number of amides is 1. The van der Waals surface area contributed by atoms with Crippen molar-refractivity contribution in [3.05, 3.63) is 35.6 Å². The summed E-state index contributed by atoms with van der Waals surface area (Å²) in [6.07, 6.45) is 2.01. The lowest BCUT2D eigenvalue weighted by Crippen LogP contribution is -2.40. The Labute approximate surface area is 100 Å². The van der Waals surface area contributed by atoms with Crippen molar-refractivity contribution in [2.45, 2.75) is 31.3 Å². The molecule has 1 aromatic rings. The van der Waals surface area contributed by atoms with Crippen LogP contribution in [0.15, 0.2) is 24.3 Å². The molecule has 0 aliphatic carbocycles. The van der Waals surface area contributed by atoms with E-state index in [2.05, 4.69) is 0 Å². The lowest BCUT2D eigenvalue weighted by atomic mass is 9.96. The van der Waals surface area contributed by atoms with Gasteiger partial charge in [0.15, 0.2) is 0 Å². The van der Waals surface area contributed by atoms with Crippen LogP contribution in [0.2, 0.25) is 0 Å². The highest BCUT2D eigenvalue weighted by Crippen LogP contribution is 2.30. The molecule has 3 nitrogen and oxygen atoms in total. The zero-order chi connectivity index (χ0) is 12.4. The average molecular weight is 236 g/mol. The predicted molar refractivity (Wildman–Crippen MR) is 63.7 cm³/mol. The summed E-state index contributed by atoms with van der Waals surface area (Å²) in [5.74, 6) is -0.263. The number of benzene rings is 1. The molecule has 1 aliphatic rings. The Kier molecular flexibility index (Phi) is 3.43. The minimum atomic E-state index is -0.355. The number of carbonyl (C=O) groups is 1. The number of halogens is 1. The molecule has 2 N–H and O–H groups in total. The van der Waals surface area contributed by atoms with E-state index in [9.17, 15) is 9.18 Å². The molecule has 92 valence electrons. The van der Waals surface area contributed by atoms with Gasteiger partial charge in [-0.1, -0.05) is 18.2 Å². The highest BCUT2D eigenvalue weighted by molar-refractivity contribution is 5.76. The predicted octanol–water partition coefficient (Wildman–Crippen LogP) is 1.84. The van der Waals surface area contributed by atoms with Crippen LogP contribution in [-0.2, 0) is 4.79 Å². The van der Waals surface area contributed by atoms with Crippen LogP contribution in [0.25, 0.3) is 0 Å². The van der Waals surface area contributed by atoms with Gasteiger partial charge in [0.2, 0.25) is 5.91 Å². The van der Waals surface area contributed by atoms with Crippen molar-refractivity contribution in [1.82, 2.24) is 4.90 Å². The Morgan fingerprint density at radius 3 is 2.82 bits per heavy atom. The largest absolute Gasteiger partial charge is 0.337 e. The number of likely N-dealkylation sites (N-methyl/N-ethyl adjacent to an activating group) is 1. The molecule has 0 bridgehead atoms. The molecule has 1 saturated heterocycles. The van der Waals surface area contributed by atoms with Crippen molar-refractivity contribution in [3.8, 4) is 0 Å². The summed E-state index contributed by atoms with van der Waals surface area (Å²) >= 11 is 0. The third-order valence-electron chi connectivity index (χ3n) is 3.37. The number of carbonyl (C=O) groups excluding carboxylic acids is 1. The second-order valence-electron chi connectivity index (χ2n) is 4.53. The fourth-order valence-corrected chi connectivity index (χ4v) is 2.42. The Bertz CT molecular complexity index is 422. The van der Waals surface area contributed by atoms with Crippen molar-refractivity contribution in [2.24, 2.45) is 5.73 Å². The molecule has 2 unspecified atom stereocenters. The van der Waals surface area contributed by atoms with E-state index in [0.717, 1.165) is 12.8 Å². The molecule has 2 atom stereocenters. The van der Waals surface area contributed by atoms with Gasteiger partial charge in [-0.05, 0) is 18.9 Å². The van der Waals surface area contributed by atoms with E-state index >= 15 is 0 Å². The maximum absolute atomic E-state index is 13.8. The van der Waals surface area contributed by atoms with E-state index in [1.165, 1.54) is 6.07 Å². The normalized spacial score (nSPS) is 25.8. The molecule has 1 aliphatic heterocycles. The van der Waals surface area contributed by atoms with Gasteiger partial charge < -0.3 is 10.6 Å². The summed E-state index contributed by atoms with van der Waals surface area (Å²) in [5.41, 5.74) is 6.58. The van der Waals surface area contributed by atoms with Crippen molar-refractivity contribution in [1.29, 1.82) is 0 Å². The first-order valence-corrected chi connectivity index (χ1v) is 5.87.